The lowest BCUT2D eigenvalue weighted by atomic mass is 10.0. The number of hydrogen-bond acceptors (Lipinski definition) is 5. The SMILES string of the molecule is CCOC(=O)C(F)[C@@H](N)c1ccc(OC)c(OCC)c1. The molecule has 112 valence electrons. The number of hydrogen-bond donors (Lipinski definition) is 1. The number of rotatable bonds is 7. The fraction of sp³-hybridized carbons (Fsp3) is 0.500. The standard InChI is InChI=1S/C14H20FNO4/c1-4-19-11-8-9(6-7-10(11)18-3)13(16)12(15)14(17)20-5-2/h6-8,12-13H,4-5,16H2,1-3H3/t12?,13-/m0/s1. The van der Waals surface area contributed by atoms with Crippen molar-refractivity contribution in [2.24, 2.45) is 5.73 Å². The van der Waals surface area contributed by atoms with Crippen LogP contribution in [0.25, 0.3) is 0 Å². The third-order valence-electron chi connectivity index (χ3n) is 2.70. The van der Waals surface area contributed by atoms with Gasteiger partial charge in [-0.1, -0.05) is 6.07 Å². The molecule has 0 aromatic heterocycles. The van der Waals surface area contributed by atoms with Crippen LogP contribution >= 0.6 is 0 Å². The summed E-state index contributed by atoms with van der Waals surface area (Å²) in [5.41, 5.74) is 6.19. The molecule has 0 heterocycles. The molecule has 0 aliphatic heterocycles. The number of ether oxygens (including phenoxy) is 3. The van der Waals surface area contributed by atoms with Crippen LogP contribution in [0.2, 0.25) is 0 Å². The van der Waals surface area contributed by atoms with Crippen LogP contribution in [0.5, 0.6) is 11.5 Å². The Bertz CT molecular complexity index is 453. The predicted molar refractivity (Wildman–Crippen MR) is 72.6 cm³/mol. The van der Waals surface area contributed by atoms with Crippen molar-refractivity contribution in [3.63, 3.8) is 0 Å². The van der Waals surface area contributed by atoms with Crippen LogP contribution in [-0.4, -0.2) is 32.5 Å². The van der Waals surface area contributed by atoms with Gasteiger partial charge in [0.2, 0.25) is 6.17 Å². The summed E-state index contributed by atoms with van der Waals surface area (Å²) in [5, 5.41) is 0. The number of halogens is 1. The lowest BCUT2D eigenvalue weighted by Gasteiger charge is -2.18. The van der Waals surface area contributed by atoms with E-state index < -0.39 is 18.2 Å². The van der Waals surface area contributed by atoms with Crippen molar-refractivity contribution in [2.75, 3.05) is 20.3 Å². The Balaban J connectivity index is 2.95. The maximum absolute atomic E-state index is 13.9. The average molecular weight is 285 g/mol. The molecular weight excluding hydrogens is 265 g/mol. The molecular formula is C14H20FNO4. The summed E-state index contributed by atoms with van der Waals surface area (Å²) in [4.78, 5) is 11.4. The smallest absolute Gasteiger partial charge is 0.342 e. The van der Waals surface area contributed by atoms with Gasteiger partial charge in [-0.15, -0.1) is 0 Å². The van der Waals surface area contributed by atoms with Crippen LogP contribution in [0.3, 0.4) is 0 Å². The van der Waals surface area contributed by atoms with Crippen LogP contribution in [0.4, 0.5) is 4.39 Å². The van der Waals surface area contributed by atoms with Gasteiger partial charge >= 0.3 is 5.97 Å². The Hall–Kier alpha value is -1.82. The summed E-state index contributed by atoms with van der Waals surface area (Å²) < 4.78 is 29.0. The van der Waals surface area contributed by atoms with E-state index in [0.717, 1.165) is 0 Å². The molecule has 1 aromatic rings. The number of nitrogens with two attached hydrogens (primary N) is 1. The first-order valence-corrected chi connectivity index (χ1v) is 6.42. The zero-order chi connectivity index (χ0) is 15.1. The van der Waals surface area contributed by atoms with Gasteiger partial charge in [-0.2, -0.15) is 0 Å². The van der Waals surface area contributed by atoms with Crippen LogP contribution in [-0.2, 0) is 9.53 Å². The topological polar surface area (TPSA) is 70.8 Å². The molecule has 2 N–H and O–H groups in total. The van der Waals surface area contributed by atoms with Crippen molar-refractivity contribution >= 4 is 5.97 Å². The van der Waals surface area contributed by atoms with E-state index in [4.69, 9.17) is 15.2 Å². The van der Waals surface area contributed by atoms with E-state index in [-0.39, 0.29) is 6.61 Å². The van der Waals surface area contributed by atoms with Gasteiger partial charge in [-0.3, -0.25) is 0 Å². The quantitative estimate of drug-likeness (QED) is 0.776. The Kier molecular flexibility index (Phi) is 6.24. The predicted octanol–water partition coefficient (Wildman–Crippen LogP) is 1.99. The molecule has 1 aromatic carbocycles. The summed E-state index contributed by atoms with van der Waals surface area (Å²) in [6, 6.07) is 3.67. The summed E-state index contributed by atoms with van der Waals surface area (Å²) in [6.07, 6.45) is -1.92. The summed E-state index contributed by atoms with van der Waals surface area (Å²) in [5.74, 6) is 0.0159. The zero-order valence-corrected chi connectivity index (χ0v) is 11.9. The van der Waals surface area contributed by atoms with Gasteiger partial charge in [0.05, 0.1) is 26.4 Å². The van der Waals surface area contributed by atoms with Gasteiger partial charge in [0.25, 0.3) is 0 Å². The minimum Gasteiger partial charge on any atom is -0.493 e. The normalized spacial score (nSPS) is 13.4. The van der Waals surface area contributed by atoms with Gasteiger partial charge in [-0.25, -0.2) is 9.18 Å². The highest BCUT2D eigenvalue weighted by Gasteiger charge is 2.28. The molecule has 5 nitrogen and oxygen atoms in total. The Labute approximate surface area is 117 Å². The molecule has 0 saturated heterocycles. The van der Waals surface area contributed by atoms with Crippen LogP contribution in [0, 0.1) is 0 Å². The molecule has 1 rings (SSSR count). The second-order valence-corrected chi connectivity index (χ2v) is 4.02. The Morgan fingerprint density at radius 1 is 1.30 bits per heavy atom. The largest absolute Gasteiger partial charge is 0.493 e. The third kappa shape index (κ3) is 3.84. The molecule has 0 amide bonds. The molecule has 20 heavy (non-hydrogen) atoms. The van der Waals surface area contributed by atoms with E-state index in [0.29, 0.717) is 23.7 Å². The number of alkyl halides is 1. The lowest BCUT2D eigenvalue weighted by molar-refractivity contribution is -0.149. The van der Waals surface area contributed by atoms with Gasteiger partial charge in [0.15, 0.2) is 11.5 Å². The van der Waals surface area contributed by atoms with Crippen molar-refractivity contribution in [3.8, 4) is 11.5 Å². The average Bonchev–Trinajstić information content (AvgIpc) is 2.46. The first-order chi connectivity index (χ1) is 9.54. The lowest BCUT2D eigenvalue weighted by Crippen LogP contribution is -2.31. The van der Waals surface area contributed by atoms with E-state index in [9.17, 15) is 9.18 Å². The fourth-order valence-electron chi connectivity index (χ4n) is 1.71. The summed E-state index contributed by atoms with van der Waals surface area (Å²) in [7, 11) is 1.51. The highest BCUT2D eigenvalue weighted by Crippen LogP contribution is 2.31. The highest BCUT2D eigenvalue weighted by atomic mass is 19.1. The molecule has 6 heteroatoms. The molecule has 0 aliphatic carbocycles. The van der Waals surface area contributed by atoms with Crippen molar-refractivity contribution in [2.45, 2.75) is 26.1 Å². The minimum atomic E-state index is -1.92. The minimum absolute atomic E-state index is 0.110. The first-order valence-electron chi connectivity index (χ1n) is 6.42. The van der Waals surface area contributed by atoms with E-state index in [1.807, 2.05) is 6.92 Å². The van der Waals surface area contributed by atoms with E-state index in [1.165, 1.54) is 7.11 Å². The number of methoxy groups -OCH3 is 1. The van der Waals surface area contributed by atoms with Crippen molar-refractivity contribution < 1.29 is 23.4 Å². The molecule has 0 saturated carbocycles. The van der Waals surface area contributed by atoms with Crippen molar-refractivity contribution in [1.29, 1.82) is 0 Å². The van der Waals surface area contributed by atoms with Crippen molar-refractivity contribution in [1.82, 2.24) is 0 Å². The molecule has 2 atom stereocenters. The Morgan fingerprint density at radius 3 is 2.55 bits per heavy atom. The maximum Gasteiger partial charge on any atom is 0.342 e. The zero-order valence-electron chi connectivity index (χ0n) is 11.9. The maximum atomic E-state index is 13.9. The van der Waals surface area contributed by atoms with E-state index in [2.05, 4.69) is 4.74 Å². The fourth-order valence-corrected chi connectivity index (χ4v) is 1.71. The molecule has 0 radical (unpaired) electrons. The molecule has 0 aliphatic rings. The molecule has 0 spiro atoms. The van der Waals surface area contributed by atoms with Crippen molar-refractivity contribution in [3.05, 3.63) is 23.8 Å². The summed E-state index contributed by atoms with van der Waals surface area (Å²) >= 11 is 0. The number of carbonyl (C=O) groups excluding carboxylic acids is 1. The van der Waals surface area contributed by atoms with E-state index in [1.54, 1.807) is 25.1 Å². The second-order valence-electron chi connectivity index (χ2n) is 4.02. The van der Waals surface area contributed by atoms with Crippen LogP contribution in [0.15, 0.2) is 18.2 Å². The molecule has 0 bridgehead atoms. The van der Waals surface area contributed by atoms with Crippen LogP contribution < -0.4 is 15.2 Å². The molecule has 1 unspecified atom stereocenters. The van der Waals surface area contributed by atoms with E-state index >= 15 is 0 Å². The number of benzene rings is 1. The number of carbonyl (C=O) groups is 1. The first kappa shape index (κ1) is 16.2. The van der Waals surface area contributed by atoms with Gasteiger partial charge in [0.1, 0.15) is 0 Å². The van der Waals surface area contributed by atoms with Gasteiger partial charge in [0, 0.05) is 0 Å². The second kappa shape index (κ2) is 7.69. The monoisotopic (exact) mass is 285 g/mol. The third-order valence-corrected chi connectivity index (χ3v) is 2.70. The van der Waals surface area contributed by atoms with Crippen LogP contribution in [0.1, 0.15) is 25.5 Å². The molecule has 0 fully saturated rings. The Morgan fingerprint density at radius 2 is 2.00 bits per heavy atom. The number of esters is 1. The highest BCUT2D eigenvalue weighted by molar-refractivity contribution is 5.75. The van der Waals surface area contributed by atoms with Gasteiger partial charge in [-0.05, 0) is 31.5 Å². The summed E-state index contributed by atoms with van der Waals surface area (Å²) in [6.45, 7) is 3.98. The van der Waals surface area contributed by atoms with Gasteiger partial charge < -0.3 is 19.9 Å².